The molecule has 0 aromatic rings. The van der Waals surface area contributed by atoms with Crippen molar-refractivity contribution in [2.75, 3.05) is 13.2 Å². The number of amides is 2. The molecule has 2 amide bonds. The van der Waals surface area contributed by atoms with E-state index in [4.69, 9.17) is 9.47 Å². The molecule has 0 heterocycles. The molecule has 0 spiro atoms. The van der Waals surface area contributed by atoms with Crippen LogP contribution in [0.1, 0.15) is 53.4 Å². The van der Waals surface area contributed by atoms with Crippen LogP contribution < -0.4 is 5.43 Å². The first-order valence-electron chi connectivity index (χ1n) is 7.48. The van der Waals surface area contributed by atoms with E-state index >= 15 is 0 Å². The molecule has 0 radical (unpaired) electrons. The lowest BCUT2D eigenvalue weighted by atomic mass is 10.1. The smallest absolute Gasteiger partial charge is 0.429 e. The fourth-order valence-corrected chi connectivity index (χ4v) is 1.56. The average Bonchev–Trinajstić information content (AvgIpc) is 2.45. The van der Waals surface area contributed by atoms with Crippen LogP contribution in [0.2, 0.25) is 0 Å². The van der Waals surface area contributed by atoms with Crippen molar-refractivity contribution in [3.63, 3.8) is 0 Å². The van der Waals surface area contributed by atoms with Gasteiger partial charge in [-0.15, -0.1) is 5.92 Å². The van der Waals surface area contributed by atoms with E-state index in [0.29, 0.717) is 6.42 Å². The Morgan fingerprint density at radius 1 is 1.10 bits per heavy atom. The van der Waals surface area contributed by atoms with Gasteiger partial charge in [0, 0.05) is 6.42 Å². The molecule has 0 rings (SSSR count). The average molecular weight is 298 g/mol. The molecule has 0 aromatic carbocycles. The predicted octanol–water partition coefficient (Wildman–Crippen LogP) is 3.08. The molecule has 1 N–H and O–H groups in total. The number of ether oxygens (including phenoxy) is 2. The highest BCUT2D eigenvalue weighted by Gasteiger charge is 2.25. The second-order valence-electron chi connectivity index (χ2n) is 4.28. The minimum Gasteiger partial charge on any atom is -0.449 e. The van der Waals surface area contributed by atoms with Gasteiger partial charge >= 0.3 is 12.2 Å². The number of unbranched alkanes of at least 4 members (excludes halogenated alkanes) is 1. The Morgan fingerprint density at radius 3 is 2.29 bits per heavy atom. The maximum atomic E-state index is 12.0. The Kier molecular flexibility index (Phi) is 10.8. The molecule has 120 valence electrons. The van der Waals surface area contributed by atoms with Gasteiger partial charge in [0.2, 0.25) is 0 Å². The van der Waals surface area contributed by atoms with Gasteiger partial charge in [-0.05, 0) is 26.7 Å². The monoisotopic (exact) mass is 298 g/mol. The highest BCUT2D eigenvalue weighted by Crippen LogP contribution is 2.07. The third kappa shape index (κ3) is 8.08. The number of nitrogens with one attached hydrogen (secondary N) is 1. The molecule has 0 aliphatic rings. The molecule has 0 aliphatic carbocycles. The highest BCUT2D eigenvalue weighted by molar-refractivity contribution is 5.74. The van der Waals surface area contributed by atoms with Crippen LogP contribution in [0.3, 0.4) is 0 Å². The number of nitrogens with zero attached hydrogens (tertiary/aromatic N) is 1. The van der Waals surface area contributed by atoms with Gasteiger partial charge in [0.25, 0.3) is 0 Å². The van der Waals surface area contributed by atoms with Crippen LogP contribution in [0.25, 0.3) is 0 Å². The van der Waals surface area contributed by atoms with Crippen LogP contribution in [-0.2, 0) is 9.47 Å². The summed E-state index contributed by atoms with van der Waals surface area (Å²) >= 11 is 0. The maximum Gasteiger partial charge on any atom is 0.429 e. The van der Waals surface area contributed by atoms with Gasteiger partial charge in [0.1, 0.15) is 6.04 Å². The SMILES string of the molecule is CCCC#CC(CCC)N(NC(=O)OCC)C(=O)OCC. The molecule has 0 aliphatic heterocycles. The van der Waals surface area contributed by atoms with E-state index in [1.807, 2.05) is 13.8 Å². The molecule has 0 bridgehead atoms. The quantitative estimate of drug-likeness (QED) is 0.604. The topological polar surface area (TPSA) is 67.9 Å². The summed E-state index contributed by atoms with van der Waals surface area (Å²) in [4.78, 5) is 23.6. The molecular weight excluding hydrogens is 272 g/mol. The molecule has 6 nitrogen and oxygen atoms in total. The number of carbonyl (C=O) groups is 2. The van der Waals surface area contributed by atoms with E-state index in [1.165, 1.54) is 0 Å². The van der Waals surface area contributed by atoms with Crippen molar-refractivity contribution in [2.24, 2.45) is 0 Å². The highest BCUT2D eigenvalue weighted by atomic mass is 16.6. The number of hydrogen-bond donors (Lipinski definition) is 1. The van der Waals surface area contributed by atoms with Crippen molar-refractivity contribution in [2.45, 2.75) is 59.4 Å². The van der Waals surface area contributed by atoms with Crippen LogP contribution in [0, 0.1) is 11.8 Å². The van der Waals surface area contributed by atoms with Crippen LogP contribution in [0.5, 0.6) is 0 Å². The molecule has 6 heteroatoms. The summed E-state index contributed by atoms with van der Waals surface area (Å²) in [7, 11) is 0. The van der Waals surface area contributed by atoms with Crippen molar-refractivity contribution in [3.05, 3.63) is 0 Å². The van der Waals surface area contributed by atoms with Gasteiger partial charge in [-0.25, -0.2) is 20.0 Å². The fraction of sp³-hybridized carbons (Fsp3) is 0.733. The van der Waals surface area contributed by atoms with Gasteiger partial charge in [-0.1, -0.05) is 26.2 Å². The lowest BCUT2D eigenvalue weighted by Crippen LogP contribution is -2.52. The largest absolute Gasteiger partial charge is 0.449 e. The van der Waals surface area contributed by atoms with E-state index in [9.17, 15) is 9.59 Å². The van der Waals surface area contributed by atoms with Crippen LogP contribution >= 0.6 is 0 Å². The van der Waals surface area contributed by atoms with E-state index in [-0.39, 0.29) is 13.2 Å². The van der Waals surface area contributed by atoms with Gasteiger partial charge in [0.15, 0.2) is 0 Å². The third-order valence-electron chi connectivity index (χ3n) is 2.47. The summed E-state index contributed by atoms with van der Waals surface area (Å²) in [6.07, 6.45) is 1.83. The number of rotatable bonds is 6. The Labute approximate surface area is 127 Å². The Balaban J connectivity index is 5.04. The van der Waals surface area contributed by atoms with Crippen molar-refractivity contribution < 1.29 is 19.1 Å². The van der Waals surface area contributed by atoms with Crippen molar-refractivity contribution in [3.8, 4) is 11.8 Å². The first-order valence-corrected chi connectivity index (χ1v) is 7.48. The molecule has 0 saturated heterocycles. The van der Waals surface area contributed by atoms with Gasteiger partial charge < -0.3 is 9.47 Å². The maximum absolute atomic E-state index is 12.0. The second kappa shape index (κ2) is 11.9. The summed E-state index contributed by atoms with van der Waals surface area (Å²) in [5.74, 6) is 6.02. The molecule has 0 aromatic heterocycles. The Bertz CT molecular complexity index is 374. The van der Waals surface area contributed by atoms with E-state index in [1.54, 1.807) is 13.8 Å². The predicted molar refractivity (Wildman–Crippen MR) is 80.4 cm³/mol. The molecule has 1 atom stereocenters. The van der Waals surface area contributed by atoms with Crippen LogP contribution in [0.4, 0.5) is 9.59 Å². The number of hydrogen-bond acceptors (Lipinski definition) is 4. The summed E-state index contributed by atoms with van der Waals surface area (Å²) < 4.78 is 9.77. The van der Waals surface area contributed by atoms with Crippen LogP contribution in [0.15, 0.2) is 0 Å². The Morgan fingerprint density at radius 2 is 1.76 bits per heavy atom. The molecular formula is C15H26N2O4. The standard InChI is InChI=1S/C15H26N2O4/c1-5-9-10-12-13(11-6-2)17(15(19)21-8-4)16-14(18)20-7-3/h13H,5-9,11H2,1-4H3,(H,16,18). The van der Waals surface area contributed by atoms with Crippen LogP contribution in [-0.4, -0.2) is 36.5 Å². The first-order chi connectivity index (χ1) is 10.1. The van der Waals surface area contributed by atoms with E-state index in [0.717, 1.165) is 24.3 Å². The minimum atomic E-state index is -0.691. The lowest BCUT2D eigenvalue weighted by Gasteiger charge is -2.27. The van der Waals surface area contributed by atoms with E-state index in [2.05, 4.69) is 17.3 Å². The van der Waals surface area contributed by atoms with Gasteiger partial charge in [-0.3, -0.25) is 0 Å². The zero-order chi connectivity index (χ0) is 16.1. The van der Waals surface area contributed by atoms with Crippen molar-refractivity contribution in [1.29, 1.82) is 0 Å². The fourth-order valence-electron chi connectivity index (χ4n) is 1.56. The molecule has 21 heavy (non-hydrogen) atoms. The minimum absolute atomic E-state index is 0.223. The second-order valence-corrected chi connectivity index (χ2v) is 4.28. The zero-order valence-corrected chi connectivity index (χ0v) is 13.4. The van der Waals surface area contributed by atoms with Crippen molar-refractivity contribution in [1.82, 2.24) is 10.4 Å². The van der Waals surface area contributed by atoms with Crippen molar-refractivity contribution >= 4 is 12.2 Å². The first kappa shape index (κ1) is 19.1. The third-order valence-corrected chi connectivity index (χ3v) is 2.47. The van der Waals surface area contributed by atoms with Gasteiger partial charge in [0.05, 0.1) is 13.2 Å². The summed E-state index contributed by atoms with van der Waals surface area (Å²) in [6, 6.07) is -0.426. The number of carbonyl (C=O) groups excluding carboxylic acids is 2. The lowest BCUT2D eigenvalue weighted by molar-refractivity contribution is 0.0634. The zero-order valence-electron chi connectivity index (χ0n) is 13.4. The molecule has 1 unspecified atom stereocenters. The van der Waals surface area contributed by atoms with Gasteiger partial charge in [-0.2, -0.15) is 0 Å². The van der Waals surface area contributed by atoms with E-state index < -0.39 is 18.2 Å². The molecule has 0 fully saturated rings. The summed E-state index contributed by atoms with van der Waals surface area (Å²) in [5, 5.41) is 1.12. The Hall–Kier alpha value is -1.90. The normalized spacial score (nSPS) is 10.9. The summed E-state index contributed by atoms with van der Waals surface area (Å²) in [5.41, 5.74) is 2.41. The molecule has 0 saturated carbocycles. The summed E-state index contributed by atoms with van der Waals surface area (Å²) in [6.45, 7) is 7.87. The number of hydrazine groups is 1.